The van der Waals surface area contributed by atoms with Gasteiger partial charge < -0.3 is 4.74 Å². The summed E-state index contributed by atoms with van der Waals surface area (Å²) >= 11 is 0. The van der Waals surface area contributed by atoms with E-state index >= 15 is 0 Å². The van der Waals surface area contributed by atoms with Crippen LogP contribution in [0.4, 0.5) is 5.69 Å². The first-order valence-corrected chi connectivity index (χ1v) is 9.69. The smallest absolute Gasteiger partial charge is 0.312 e. The van der Waals surface area contributed by atoms with Crippen LogP contribution in [0.2, 0.25) is 0 Å². The molecule has 0 spiro atoms. The molecule has 0 fully saturated rings. The van der Waals surface area contributed by atoms with E-state index in [4.69, 9.17) is 11.2 Å². The van der Waals surface area contributed by atoms with E-state index < -0.39 is 26.7 Å². The second kappa shape index (κ2) is 7.39. The van der Waals surface area contributed by atoms with Crippen molar-refractivity contribution in [3.05, 3.63) is 63.7 Å². The number of nitro benzene ring substituents is 1. The van der Waals surface area contributed by atoms with Crippen molar-refractivity contribution in [3.8, 4) is 18.1 Å². The average Bonchev–Trinajstić information content (AvgIpc) is 3.09. The zero-order chi connectivity index (χ0) is 19.6. The van der Waals surface area contributed by atoms with Crippen LogP contribution in [0.1, 0.15) is 23.6 Å². The van der Waals surface area contributed by atoms with Crippen LogP contribution in [0.15, 0.2) is 47.4 Å². The molecule has 0 aliphatic heterocycles. The van der Waals surface area contributed by atoms with Crippen molar-refractivity contribution in [1.29, 1.82) is 0 Å². The van der Waals surface area contributed by atoms with Gasteiger partial charge in [-0.25, -0.2) is 8.42 Å². The van der Waals surface area contributed by atoms with E-state index in [2.05, 4.69) is 5.92 Å². The second-order valence-corrected chi connectivity index (χ2v) is 7.99. The number of terminal acetylenes is 1. The molecule has 8 heteroatoms. The first-order valence-electron chi connectivity index (χ1n) is 8.25. The molecule has 27 heavy (non-hydrogen) atoms. The molecule has 0 amide bonds. The van der Waals surface area contributed by atoms with E-state index in [0.717, 1.165) is 23.6 Å². The van der Waals surface area contributed by atoms with Crippen molar-refractivity contribution in [3.63, 3.8) is 0 Å². The molecule has 2 aromatic carbocycles. The molecule has 0 N–H and O–H groups in total. The third-order valence-corrected chi connectivity index (χ3v) is 6.50. The molecule has 1 unspecified atom stereocenters. The van der Waals surface area contributed by atoms with E-state index in [9.17, 15) is 18.5 Å². The van der Waals surface area contributed by atoms with Gasteiger partial charge in [0.05, 0.1) is 29.5 Å². The summed E-state index contributed by atoms with van der Waals surface area (Å²) in [6.07, 6.45) is 6.79. The Bertz CT molecular complexity index is 1030. The third kappa shape index (κ3) is 3.39. The summed E-state index contributed by atoms with van der Waals surface area (Å²) in [6.45, 7) is -0.124. The van der Waals surface area contributed by atoms with Gasteiger partial charge >= 0.3 is 5.69 Å². The molecule has 1 aliphatic carbocycles. The molecule has 7 nitrogen and oxygen atoms in total. The van der Waals surface area contributed by atoms with E-state index in [1.54, 1.807) is 0 Å². The van der Waals surface area contributed by atoms with Gasteiger partial charge in [-0.05, 0) is 36.1 Å². The summed E-state index contributed by atoms with van der Waals surface area (Å²) < 4.78 is 32.7. The van der Waals surface area contributed by atoms with Crippen LogP contribution in [-0.4, -0.2) is 31.3 Å². The average molecular weight is 386 g/mol. The zero-order valence-electron chi connectivity index (χ0n) is 14.7. The molecule has 0 bridgehead atoms. The quantitative estimate of drug-likeness (QED) is 0.433. The van der Waals surface area contributed by atoms with E-state index in [1.165, 1.54) is 23.5 Å². The first-order chi connectivity index (χ1) is 12.9. The van der Waals surface area contributed by atoms with Crippen LogP contribution < -0.4 is 4.74 Å². The maximum Gasteiger partial charge on any atom is 0.312 e. The Morgan fingerprint density at radius 2 is 2.07 bits per heavy atom. The van der Waals surface area contributed by atoms with Crippen molar-refractivity contribution in [2.45, 2.75) is 23.8 Å². The lowest BCUT2D eigenvalue weighted by Gasteiger charge is -2.27. The molecule has 0 saturated carbocycles. The van der Waals surface area contributed by atoms with Gasteiger partial charge in [0, 0.05) is 6.07 Å². The minimum absolute atomic E-state index is 0.00587. The van der Waals surface area contributed by atoms with Crippen molar-refractivity contribution >= 4 is 15.7 Å². The fourth-order valence-electron chi connectivity index (χ4n) is 3.39. The number of methoxy groups -OCH3 is 1. The highest BCUT2D eigenvalue weighted by atomic mass is 32.2. The number of benzene rings is 2. The summed E-state index contributed by atoms with van der Waals surface area (Å²) in [5, 5.41) is 11.3. The van der Waals surface area contributed by atoms with Crippen molar-refractivity contribution in [2.75, 3.05) is 13.7 Å². The number of rotatable bonds is 6. The van der Waals surface area contributed by atoms with Crippen LogP contribution in [0.3, 0.4) is 0 Å². The van der Waals surface area contributed by atoms with Crippen LogP contribution in [0, 0.1) is 22.5 Å². The first kappa shape index (κ1) is 18.9. The Hall–Kier alpha value is -2.89. The lowest BCUT2D eigenvalue weighted by atomic mass is 10.1. The van der Waals surface area contributed by atoms with Gasteiger partial charge in [0.25, 0.3) is 0 Å². The predicted octanol–water partition coefficient (Wildman–Crippen LogP) is 2.91. The molecule has 140 valence electrons. The van der Waals surface area contributed by atoms with E-state index in [1.807, 2.05) is 24.3 Å². The topological polar surface area (TPSA) is 89.8 Å². The summed E-state index contributed by atoms with van der Waals surface area (Å²) in [5.41, 5.74) is 1.59. The molecule has 0 radical (unpaired) electrons. The largest absolute Gasteiger partial charge is 0.490 e. The highest BCUT2D eigenvalue weighted by Crippen LogP contribution is 2.39. The van der Waals surface area contributed by atoms with Crippen molar-refractivity contribution in [1.82, 2.24) is 4.31 Å². The maximum absolute atomic E-state index is 13.3. The monoisotopic (exact) mass is 386 g/mol. The lowest BCUT2D eigenvalue weighted by molar-refractivity contribution is -0.386. The Kier molecular flexibility index (Phi) is 5.17. The highest BCUT2D eigenvalue weighted by molar-refractivity contribution is 7.89. The van der Waals surface area contributed by atoms with Gasteiger partial charge in [-0.1, -0.05) is 30.2 Å². The number of nitro groups is 1. The SMILES string of the molecule is C#CCN(C1CCc2ccccc21)S(=O)(=O)c1ccc(OC)c([N+](=O)[O-])c1. The number of ether oxygens (including phenoxy) is 1. The number of fused-ring (bicyclic) bond motifs is 1. The summed E-state index contributed by atoms with van der Waals surface area (Å²) in [4.78, 5) is 10.4. The minimum atomic E-state index is -4.04. The van der Waals surface area contributed by atoms with Gasteiger partial charge in [0.1, 0.15) is 0 Å². The number of nitrogens with zero attached hydrogens (tertiary/aromatic N) is 2. The highest BCUT2D eigenvalue weighted by Gasteiger charge is 2.36. The van der Waals surface area contributed by atoms with E-state index in [0.29, 0.717) is 6.42 Å². The van der Waals surface area contributed by atoms with Gasteiger partial charge in [0.15, 0.2) is 5.75 Å². The van der Waals surface area contributed by atoms with Crippen LogP contribution in [-0.2, 0) is 16.4 Å². The summed E-state index contributed by atoms with van der Waals surface area (Å²) in [6, 6.07) is 10.8. The van der Waals surface area contributed by atoms with Crippen molar-refractivity contribution in [2.24, 2.45) is 0 Å². The van der Waals surface area contributed by atoms with Crippen LogP contribution in [0.25, 0.3) is 0 Å². The number of sulfonamides is 1. The molecule has 1 aliphatic rings. The standard InChI is InChI=1S/C19H18N2O5S/c1-3-12-20(17-10-8-14-6-4-5-7-16(14)17)27(24,25)15-9-11-19(26-2)18(13-15)21(22)23/h1,4-7,9,11,13,17H,8,10,12H2,2H3. The number of hydrogen-bond acceptors (Lipinski definition) is 5. The molecule has 0 heterocycles. The molecular formula is C19H18N2O5S. The molecule has 2 aromatic rings. The van der Waals surface area contributed by atoms with Gasteiger partial charge in [0.2, 0.25) is 10.0 Å². The Labute approximate surface area is 157 Å². The van der Waals surface area contributed by atoms with Gasteiger partial charge in [-0.15, -0.1) is 6.42 Å². The van der Waals surface area contributed by atoms with Crippen LogP contribution in [0.5, 0.6) is 5.75 Å². The Morgan fingerprint density at radius 3 is 2.74 bits per heavy atom. The second-order valence-electron chi connectivity index (χ2n) is 6.10. The molecule has 0 saturated heterocycles. The molecular weight excluding hydrogens is 368 g/mol. The number of aryl methyl sites for hydroxylation is 1. The molecule has 0 aromatic heterocycles. The fourth-order valence-corrected chi connectivity index (χ4v) is 4.96. The molecule has 1 atom stereocenters. The lowest BCUT2D eigenvalue weighted by Crippen LogP contribution is -2.34. The van der Waals surface area contributed by atoms with Crippen molar-refractivity contribution < 1.29 is 18.1 Å². The third-order valence-electron chi connectivity index (χ3n) is 4.65. The minimum Gasteiger partial charge on any atom is -0.490 e. The van der Waals surface area contributed by atoms with Crippen LogP contribution >= 0.6 is 0 Å². The Morgan fingerprint density at radius 1 is 1.33 bits per heavy atom. The summed E-state index contributed by atoms with van der Waals surface area (Å²) in [7, 11) is -2.75. The normalized spacial score (nSPS) is 16.0. The predicted molar refractivity (Wildman–Crippen MR) is 99.9 cm³/mol. The zero-order valence-corrected chi connectivity index (χ0v) is 15.5. The van der Waals surface area contributed by atoms with Gasteiger partial charge in [-0.2, -0.15) is 4.31 Å². The maximum atomic E-state index is 13.3. The Balaban J connectivity index is 2.07. The summed E-state index contributed by atoms with van der Waals surface area (Å²) in [5.74, 6) is 2.39. The van der Waals surface area contributed by atoms with E-state index in [-0.39, 0.29) is 17.2 Å². The van der Waals surface area contributed by atoms with Gasteiger partial charge in [-0.3, -0.25) is 10.1 Å². The number of hydrogen-bond donors (Lipinski definition) is 0. The molecule has 3 rings (SSSR count). The fraction of sp³-hybridized carbons (Fsp3) is 0.263.